The van der Waals surface area contributed by atoms with E-state index in [1.807, 2.05) is 52.0 Å². The van der Waals surface area contributed by atoms with Crippen molar-refractivity contribution in [3.8, 4) is 11.5 Å². The number of nitrogens with zero attached hydrogens (tertiary/aromatic N) is 3. The lowest BCUT2D eigenvalue weighted by molar-refractivity contribution is -0.127. The molecule has 0 aliphatic carbocycles. The molecule has 1 amide bonds. The molecule has 0 saturated carbocycles. The molecule has 2 aromatic carbocycles. The Bertz CT molecular complexity index is 1540. The van der Waals surface area contributed by atoms with Crippen molar-refractivity contribution in [3.05, 3.63) is 89.6 Å². The van der Waals surface area contributed by atoms with E-state index >= 15 is 0 Å². The van der Waals surface area contributed by atoms with Crippen molar-refractivity contribution in [1.82, 2.24) is 9.47 Å². The zero-order chi connectivity index (χ0) is 26.7. The molecule has 4 rings (SSSR count). The van der Waals surface area contributed by atoms with Gasteiger partial charge < -0.3 is 14.4 Å². The molecule has 3 aromatic rings. The van der Waals surface area contributed by atoms with Crippen molar-refractivity contribution >= 4 is 34.9 Å². The first kappa shape index (κ1) is 26.7. The van der Waals surface area contributed by atoms with Gasteiger partial charge in [0.2, 0.25) is 0 Å². The van der Waals surface area contributed by atoms with Gasteiger partial charge in [0.05, 0.1) is 29.5 Å². The fourth-order valence-electron chi connectivity index (χ4n) is 4.52. The number of hydrogen-bond donors (Lipinski definition) is 0. The number of carbonyl (C=O) groups excluding carboxylic acids is 1. The number of rotatable bonds is 8. The molecule has 9 heteroatoms. The smallest absolute Gasteiger partial charge is 0.271 e. The second kappa shape index (κ2) is 11.4. The molecule has 0 radical (unpaired) electrons. The van der Waals surface area contributed by atoms with Gasteiger partial charge in [-0.15, -0.1) is 0 Å². The zero-order valence-corrected chi connectivity index (χ0v) is 23.2. The first-order valence-electron chi connectivity index (χ1n) is 12.2. The second-order valence-corrected chi connectivity index (χ2v) is 9.86. The number of aromatic nitrogens is 1. The standard InChI is InChI=1S/C28H30ClN3O4S/c1-6-31(7-2)27(34)24-17(4)30-28-32(25(24)20-11-9-10-12-22(20)35-5)26(33)23(37-28)16-18-15-19(29)13-14-21(18)36-8-3/h9-16,25H,6-8H2,1-5H3/b23-16+/t25-/m1/s1. The number of thiazole rings is 1. The molecule has 0 fully saturated rings. The van der Waals surface area contributed by atoms with E-state index in [9.17, 15) is 9.59 Å². The van der Waals surface area contributed by atoms with E-state index < -0.39 is 6.04 Å². The maximum Gasteiger partial charge on any atom is 0.271 e. The summed E-state index contributed by atoms with van der Waals surface area (Å²) in [7, 11) is 1.58. The first-order valence-corrected chi connectivity index (χ1v) is 13.4. The van der Waals surface area contributed by atoms with E-state index in [1.165, 1.54) is 11.3 Å². The summed E-state index contributed by atoms with van der Waals surface area (Å²) in [5.41, 5.74) is 2.21. The monoisotopic (exact) mass is 539 g/mol. The van der Waals surface area contributed by atoms with Crippen LogP contribution in [0.15, 0.2) is 63.5 Å². The predicted octanol–water partition coefficient (Wildman–Crippen LogP) is 4.16. The van der Waals surface area contributed by atoms with Crippen LogP contribution in [0.3, 0.4) is 0 Å². The van der Waals surface area contributed by atoms with Crippen LogP contribution < -0.4 is 24.4 Å². The number of para-hydroxylation sites is 1. The van der Waals surface area contributed by atoms with E-state index in [0.29, 0.717) is 62.4 Å². The number of amides is 1. The third kappa shape index (κ3) is 5.08. The molecule has 1 aromatic heterocycles. The number of hydrogen-bond acceptors (Lipinski definition) is 6. The average molecular weight is 540 g/mol. The van der Waals surface area contributed by atoms with Crippen LogP contribution in [0.5, 0.6) is 11.5 Å². The van der Waals surface area contributed by atoms with Gasteiger partial charge in [-0.05, 0) is 58.0 Å². The first-order chi connectivity index (χ1) is 17.8. The summed E-state index contributed by atoms with van der Waals surface area (Å²) in [6.45, 7) is 9.16. The highest BCUT2D eigenvalue weighted by Crippen LogP contribution is 2.36. The van der Waals surface area contributed by atoms with Crippen LogP contribution in [-0.2, 0) is 4.79 Å². The lowest BCUT2D eigenvalue weighted by atomic mass is 9.94. The Balaban J connectivity index is 2.00. The Morgan fingerprint density at radius 3 is 2.57 bits per heavy atom. The van der Waals surface area contributed by atoms with Gasteiger partial charge in [0, 0.05) is 29.2 Å². The molecule has 37 heavy (non-hydrogen) atoms. The summed E-state index contributed by atoms with van der Waals surface area (Å²) in [4.78, 5) is 34.7. The summed E-state index contributed by atoms with van der Waals surface area (Å²) in [6, 6.07) is 12.1. The maximum atomic E-state index is 14.0. The predicted molar refractivity (Wildman–Crippen MR) is 147 cm³/mol. The number of likely N-dealkylation sites (N-methyl/N-ethyl adjacent to an activating group) is 1. The molecule has 0 N–H and O–H groups in total. The lowest BCUT2D eigenvalue weighted by Gasteiger charge is -2.29. The lowest BCUT2D eigenvalue weighted by Crippen LogP contribution is -2.43. The number of carbonyl (C=O) groups is 1. The van der Waals surface area contributed by atoms with Gasteiger partial charge in [-0.25, -0.2) is 4.99 Å². The quantitative estimate of drug-likeness (QED) is 0.431. The zero-order valence-electron chi connectivity index (χ0n) is 21.6. The Labute approximate surface area is 224 Å². The normalized spacial score (nSPS) is 15.3. The minimum atomic E-state index is -0.687. The molecule has 0 unspecified atom stereocenters. The molecule has 1 aliphatic rings. The fraction of sp³-hybridized carbons (Fsp3) is 0.321. The molecule has 0 spiro atoms. The number of benzene rings is 2. The van der Waals surface area contributed by atoms with Gasteiger partial charge in [-0.3, -0.25) is 14.2 Å². The number of methoxy groups -OCH3 is 1. The largest absolute Gasteiger partial charge is 0.496 e. The third-order valence-electron chi connectivity index (χ3n) is 6.29. The summed E-state index contributed by atoms with van der Waals surface area (Å²) < 4.78 is 13.5. The van der Waals surface area contributed by atoms with E-state index in [-0.39, 0.29) is 11.5 Å². The number of allylic oxidation sites excluding steroid dienone is 1. The highest BCUT2D eigenvalue weighted by atomic mass is 35.5. The summed E-state index contributed by atoms with van der Waals surface area (Å²) in [5, 5.41) is 0.539. The number of halogens is 1. The maximum absolute atomic E-state index is 14.0. The van der Waals surface area contributed by atoms with Crippen LogP contribution in [0.1, 0.15) is 44.9 Å². The number of ether oxygens (including phenoxy) is 2. The van der Waals surface area contributed by atoms with E-state index in [0.717, 1.165) is 5.56 Å². The van der Waals surface area contributed by atoms with Gasteiger partial charge in [0.25, 0.3) is 11.5 Å². The highest BCUT2D eigenvalue weighted by Gasteiger charge is 2.35. The summed E-state index contributed by atoms with van der Waals surface area (Å²) in [5.74, 6) is 1.08. The van der Waals surface area contributed by atoms with Gasteiger partial charge >= 0.3 is 0 Å². The Kier molecular flexibility index (Phi) is 8.19. The van der Waals surface area contributed by atoms with E-state index in [1.54, 1.807) is 40.9 Å². The fourth-order valence-corrected chi connectivity index (χ4v) is 5.74. The van der Waals surface area contributed by atoms with Crippen molar-refractivity contribution in [2.24, 2.45) is 4.99 Å². The molecule has 2 heterocycles. The van der Waals surface area contributed by atoms with Crippen molar-refractivity contribution in [2.75, 3.05) is 26.8 Å². The third-order valence-corrected chi connectivity index (χ3v) is 7.51. The minimum Gasteiger partial charge on any atom is -0.496 e. The molecule has 1 atom stereocenters. The van der Waals surface area contributed by atoms with Crippen LogP contribution >= 0.6 is 22.9 Å². The SMILES string of the molecule is CCOc1ccc(Cl)cc1/C=c1/sc2n(c1=O)[C@H](c1ccccc1OC)C(C(=O)N(CC)CC)=C(C)N=2. The Morgan fingerprint density at radius 1 is 1.16 bits per heavy atom. The minimum absolute atomic E-state index is 0.148. The van der Waals surface area contributed by atoms with Crippen molar-refractivity contribution in [2.45, 2.75) is 33.7 Å². The topological polar surface area (TPSA) is 73.1 Å². The molecule has 0 bridgehead atoms. The molecule has 194 valence electrons. The molecule has 7 nitrogen and oxygen atoms in total. The summed E-state index contributed by atoms with van der Waals surface area (Å²) >= 11 is 7.52. The molecule has 0 saturated heterocycles. The Morgan fingerprint density at radius 2 is 1.89 bits per heavy atom. The van der Waals surface area contributed by atoms with Crippen LogP contribution in [0.4, 0.5) is 0 Å². The molecule has 1 aliphatic heterocycles. The number of fused-ring (bicyclic) bond motifs is 1. The van der Waals surface area contributed by atoms with Crippen LogP contribution in [0, 0.1) is 0 Å². The highest BCUT2D eigenvalue weighted by molar-refractivity contribution is 7.07. The van der Waals surface area contributed by atoms with Gasteiger partial charge in [0.15, 0.2) is 4.80 Å². The van der Waals surface area contributed by atoms with Crippen LogP contribution in [0.25, 0.3) is 6.08 Å². The van der Waals surface area contributed by atoms with Crippen LogP contribution in [-0.4, -0.2) is 42.2 Å². The van der Waals surface area contributed by atoms with Crippen molar-refractivity contribution < 1.29 is 14.3 Å². The van der Waals surface area contributed by atoms with Gasteiger partial charge in [-0.2, -0.15) is 0 Å². The molecular weight excluding hydrogens is 510 g/mol. The van der Waals surface area contributed by atoms with Crippen LogP contribution in [0.2, 0.25) is 5.02 Å². The Hall–Kier alpha value is -3.36. The van der Waals surface area contributed by atoms with Crippen molar-refractivity contribution in [3.63, 3.8) is 0 Å². The average Bonchev–Trinajstić information content (AvgIpc) is 3.19. The second-order valence-electron chi connectivity index (χ2n) is 8.42. The van der Waals surface area contributed by atoms with E-state index in [4.69, 9.17) is 26.1 Å². The van der Waals surface area contributed by atoms with Gasteiger partial charge in [0.1, 0.15) is 17.5 Å². The molecular formula is C28H30ClN3O4S. The van der Waals surface area contributed by atoms with E-state index in [2.05, 4.69) is 0 Å². The summed E-state index contributed by atoms with van der Waals surface area (Å²) in [6.07, 6.45) is 1.77. The van der Waals surface area contributed by atoms with Gasteiger partial charge in [-0.1, -0.05) is 41.1 Å². The van der Waals surface area contributed by atoms with Crippen molar-refractivity contribution in [1.29, 1.82) is 0 Å².